The van der Waals surface area contributed by atoms with Crippen LogP contribution in [-0.2, 0) is 14.2 Å². The summed E-state index contributed by atoms with van der Waals surface area (Å²) in [6, 6.07) is 0. The largest absolute Gasteiger partial charge is 0.383 e. The van der Waals surface area contributed by atoms with Crippen LogP contribution in [0.5, 0.6) is 0 Å². The maximum atomic E-state index is 5.47. The van der Waals surface area contributed by atoms with E-state index in [9.17, 15) is 0 Å². The van der Waals surface area contributed by atoms with Crippen LogP contribution in [0.3, 0.4) is 0 Å². The molecule has 104 valence electrons. The van der Waals surface area contributed by atoms with E-state index >= 15 is 0 Å². The molecule has 0 aromatic carbocycles. The van der Waals surface area contributed by atoms with Crippen molar-refractivity contribution in [3.63, 3.8) is 0 Å². The van der Waals surface area contributed by atoms with E-state index in [0.717, 1.165) is 45.8 Å². The maximum absolute atomic E-state index is 5.47. The van der Waals surface area contributed by atoms with Crippen LogP contribution in [0.1, 0.15) is 26.7 Å². The molecular formula is C13H29NO3. The molecule has 0 aliphatic heterocycles. The minimum Gasteiger partial charge on any atom is -0.383 e. The van der Waals surface area contributed by atoms with E-state index in [1.807, 2.05) is 0 Å². The number of ether oxygens (including phenoxy) is 3. The zero-order valence-corrected chi connectivity index (χ0v) is 11.7. The normalized spacial score (nSPS) is 11.3. The lowest BCUT2D eigenvalue weighted by Gasteiger charge is -2.07. The zero-order chi connectivity index (χ0) is 12.8. The average Bonchev–Trinajstić information content (AvgIpc) is 2.30. The van der Waals surface area contributed by atoms with Gasteiger partial charge in [0.15, 0.2) is 0 Å². The lowest BCUT2D eigenvalue weighted by atomic mass is 10.2. The second-order valence-corrected chi connectivity index (χ2v) is 4.53. The predicted molar refractivity (Wildman–Crippen MR) is 70.5 cm³/mol. The number of nitrogens with one attached hydrogen (secondary N) is 1. The van der Waals surface area contributed by atoms with Crippen molar-refractivity contribution in [2.75, 3.05) is 53.2 Å². The molecule has 0 rings (SSSR count). The predicted octanol–water partition coefficient (Wildman–Crippen LogP) is 1.69. The van der Waals surface area contributed by atoms with Crippen molar-refractivity contribution < 1.29 is 14.2 Å². The van der Waals surface area contributed by atoms with Gasteiger partial charge in [0.05, 0.1) is 19.8 Å². The third kappa shape index (κ3) is 15.8. The molecule has 4 heteroatoms. The summed E-state index contributed by atoms with van der Waals surface area (Å²) >= 11 is 0. The fraction of sp³-hybridized carbons (Fsp3) is 1.00. The Bertz CT molecular complexity index is 143. The second-order valence-electron chi connectivity index (χ2n) is 4.53. The molecule has 0 saturated heterocycles. The molecule has 0 aliphatic carbocycles. The van der Waals surface area contributed by atoms with Gasteiger partial charge in [-0.3, -0.25) is 0 Å². The molecule has 0 amide bonds. The van der Waals surface area contributed by atoms with Gasteiger partial charge in [0.1, 0.15) is 0 Å². The first-order chi connectivity index (χ1) is 8.27. The van der Waals surface area contributed by atoms with Crippen LogP contribution < -0.4 is 5.32 Å². The van der Waals surface area contributed by atoms with E-state index in [2.05, 4.69) is 19.2 Å². The molecular weight excluding hydrogens is 218 g/mol. The van der Waals surface area contributed by atoms with Gasteiger partial charge in [0, 0.05) is 26.9 Å². The Labute approximate surface area is 106 Å². The van der Waals surface area contributed by atoms with E-state index in [-0.39, 0.29) is 0 Å². The Balaban J connectivity index is 2.89. The van der Waals surface area contributed by atoms with Crippen molar-refractivity contribution in [1.82, 2.24) is 5.32 Å². The third-order valence-electron chi connectivity index (χ3n) is 2.20. The summed E-state index contributed by atoms with van der Waals surface area (Å²) in [4.78, 5) is 0. The molecule has 0 fully saturated rings. The summed E-state index contributed by atoms with van der Waals surface area (Å²) in [7, 11) is 1.72. The highest BCUT2D eigenvalue weighted by molar-refractivity contribution is 4.47. The molecule has 0 heterocycles. The molecule has 0 spiro atoms. The van der Waals surface area contributed by atoms with Crippen molar-refractivity contribution in [2.24, 2.45) is 5.92 Å². The molecule has 17 heavy (non-hydrogen) atoms. The van der Waals surface area contributed by atoms with E-state index in [1.165, 1.54) is 0 Å². The van der Waals surface area contributed by atoms with Gasteiger partial charge in [-0.25, -0.2) is 0 Å². The van der Waals surface area contributed by atoms with E-state index < -0.39 is 0 Å². The summed E-state index contributed by atoms with van der Waals surface area (Å²) < 4.78 is 15.8. The topological polar surface area (TPSA) is 39.7 Å². The quantitative estimate of drug-likeness (QED) is 0.503. The molecule has 0 saturated carbocycles. The minimum absolute atomic E-state index is 0.605. The van der Waals surface area contributed by atoms with Gasteiger partial charge in [-0.2, -0.15) is 0 Å². The zero-order valence-electron chi connectivity index (χ0n) is 11.7. The van der Waals surface area contributed by atoms with Crippen LogP contribution in [0.2, 0.25) is 0 Å². The Hall–Kier alpha value is -0.160. The highest BCUT2D eigenvalue weighted by Gasteiger charge is 1.94. The molecule has 0 aromatic heterocycles. The fourth-order valence-corrected chi connectivity index (χ4v) is 1.29. The van der Waals surface area contributed by atoms with Crippen LogP contribution in [0.4, 0.5) is 0 Å². The van der Waals surface area contributed by atoms with E-state index in [4.69, 9.17) is 14.2 Å². The van der Waals surface area contributed by atoms with Crippen molar-refractivity contribution >= 4 is 0 Å². The van der Waals surface area contributed by atoms with Crippen molar-refractivity contribution in [3.8, 4) is 0 Å². The molecule has 0 aromatic rings. The number of rotatable bonds is 13. The number of unbranched alkanes of at least 4 members (excludes halogenated alkanes) is 1. The molecule has 0 radical (unpaired) electrons. The lowest BCUT2D eigenvalue weighted by Crippen LogP contribution is -2.20. The molecule has 0 unspecified atom stereocenters. The van der Waals surface area contributed by atoms with Crippen LogP contribution >= 0.6 is 0 Å². The number of hydrogen-bond acceptors (Lipinski definition) is 4. The highest BCUT2D eigenvalue weighted by Crippen LogP contribution is 1.93. The van der Waals surface area contributed by atoms with Gasteiger partial charge in [-0.1, -0.05) is 13.8 Å². The van der Waals surface area contributed by atoms with Crippen molar-refractivity contribution in [1.29, 1.82) is 0 Å². The van der Waals surface area contributed by atoms with Crippen LogP contribution in [-0.4, -0.2) is 53.2 Å². The molecule has 0 aliphatic rings. The van der Waals surface area contributed by atoms with E-state index in [0.29, 0.717) is 19.1 Å². The molecule has 0 atom stereocenters. The first-order valence-electron chi connectivity index (χ1n) is 6.62. The van der Waals surface area contributed by atoms with E-state index in [1.54, 1.807) is 7.11 Å². The van der Waals surface area contributed by atoms with Crippen LogP contribution in [0, 0.1) is 5.92 Å². The molecule has 1 N–H and O–H groups in total. The first-order valence-corrected chi connectivity index (χ1v) is 6.62. The van der Waals surface area contributed by atoms with Gasteiger partial charge in [0.25, 0.3) is 0 Å². The van der Waals surface area contributed by atoms with Gasteiger partial charge in [-0.05, 0) is 25.3 Å². The SMILES string of the molecule is COCCNCCCCOCCOCC(C)C. The fourth-order valence-electron chi connectivity index (χ4n) is 1.29. The summed E-state index contributed by atoms with van der Waals surface area (Å²) in [5, 5.41) is 3.30. The van der Waals surface area contributed by atoms with Crippen LogP contribution in [0.15, 0.2) is 0 Å². The lowest BCUT2D eigenvalue weighted by molar-refractivity contribution is 0.0367. The summed E-state index contributed by atoms with van der Waals surface area (Å²) in [6.07, 6.45) is 2.25. The Kier molecular flexibility index (Phi) is 13.8. The Morgan fingerprint density at radius 2 is 1.65 bits per heavy atom. The van der Waals surface area contributed by atoms with Gasteiger partial charge in [-0.15, -0.1) is 0 Å². The van der Waals surface area contributed by atoms with Crippen molar-refractivity contribution in [2.45, 2.75) is 26.7 Å². The second kappa shape index (κ2) is 13.9. The van der Waals surface area contributed by atoms with Gasteiger partial charge in [0.2, 0.25) is 0 Å². The average molecular weight is 247 g/mol. The van der Waals surface area contributed by atoms with Gasteiger partial charge < -0.3 is 19.5 Å². The van der Waals surface area contributed by atoms with Crippen LogP contribution in [0.25, 0.3) is 0 Å². The Morgan fingerprint density at radius 1 is 0.882 bits per heavy atom. The van der Waals surface area contributed by atoms with Gasteiger partial charge >= 0.3 is 0 Å². The maximum Gasteiger partial charge on any atom is 0.0700 e. The highest BCUT2D eigenvalue weighted by atomic mass is 16.5. The Morgan fingerprint density at radius 3 is 2.35 bits per heavy atom. The van der Waals surface area contributed by atoms with Crippen molar-refractivity contribution in [3.05, 3.63) is 0 Å². The monoisotopic (exact) mass is 247 g/mol. The number of methoxy groups -OCH3 is 1. The summed E-state index contributed by atoms with van der Waals surface area (Å²) in [5.41, 5.74) is 0. The third-order valence-corrected chi connectivity index (χ3v) is 2.20. The molecule has 0 bridgehead atoms. The summed E-state index contributed by atoms with van der Waals surface area (Å²) in [5.74, 6) is 0.605. The number of hydrogen-bond donors (Lipinski definition) is 1. The first kappa shape index (κ1) is 16.8. The molecule has 4 nitrogen and oxygen atoms in total. The summed E-state index contributed by atoms with van der Waals surface area (Å²) in [6.45, 7) is 10.1. The minimum atomic E-state index is 0.605. The standard InChI is InChI=1S/C13H29NO3/c1-13(2)12-17-11-10-16-8-5-4-6-14-7-9-15-3/h13-14H,4-12H2,1-3H3. The smallest absolute Gasteiger partial charge is 0.0700 e.